The van der Waals surface area contributed by atoms with Crippen molar-refractivity contribution in [2.24, 2.45) is 0 Å². The maximum atomic E-state index is 12.3. The van der Waals surface area contributed by atoms with Crippen molar-refractivity contribution in [3.63, 3.8) is 0 Å². The van der Waals surface area contributed by atoms with Crippen molar-refractivity contribution in [3.8, 4) is 5.95 Å². The fourth-order valence-electron chi connectivity index (χ4n) is 3.10. The smallest absolute Gasteiger partial charge is 0.252 e. The minimum Gasteiger partial charge on any atom is -0.310 e. The first kappa shape index (κ1) is 15.0. The number of rotatable bonds is 2. The van der Waals surface area contributed by atoms with Gasteiger partial charge in [-0.2, -0.15) is 9.78 Å². The van der Waals surface area contributed by atoms with Gasteiger partial charge in [0.1, 0.15) is 5.82 Å². The van der Waals surface area contributed by atoms with Gasteiger partial charge in [0.05, 0.1) is 5.69 Å². The number of amides is 1. The lowest BCUT2D eigenvalue weighted by atomic mass is 9.86. The van der Waals surface area contributed by atoms with Gasteiger partial charge in [-0.1, -0.05) is 28.1 Å². The topological polar surface area (TPSA) is 72.7 Å². The SMILES string of the molecule is Cc1nn(-c2ncccn2)c2c1[C@@H](c1cccc(Br)c1)CC(=O)N2. The molecule has 0 saturated heterocycles. The summed E-state index contributed by atoms with van der Waals surface area (Å²) in [7, 11) is 0. The van der Waals surface area contributed by atoms with Crippen molar-refractivity contribution in [1.82, 2.24) is 19.7 Å². The molecule has 0 aliphatic carbocycles. The molecule has 3 heterocycles. The van der Waals surface area contributed by atoms with E-state index in [4.69, 9.17) is 0 Å². The number of halogens is 1. The van der Waals surface area contributed by atoms with E-state index in [1.54, 1.807) is 23.1 Å². The molecule has 0 unspecified atom stereocenters. The zero-order chi connectivity index (χ0) is 16.7. The molecule has 7 heteroatoms. The number of hydrogen-bond donors (Lipinski definition) is 1. The number of carbonyl (C=O) groups is 1. The van der Waals surface area contributed by atoms with Gasteiger partial charge in [-0.3, -0.25) is 4.79 Å². The first-order chi connectivity index (χ1) is 11.6. The van der Waals surface area contributed by atoms with Gasteiger partial charge in [0.25, 0.3) is 5.95 Å². The molecule has 1 aliphatic heterocycles. The summed E-state index contributed by atoms with van der Waals surface area (Å²) in [6, 6.07) is 9.78. The second kappa shape index (κ2) is 5.83. The van der Waals surface area contributed by atoms with Crippen molar-refractivity contribution >= 4 is 27.7 Å². The van der Waals surface area contributed by atoms with Crippen LogP contribution in [0.2, 0.25) is 0 Å². The Hall–Kier alpha value is -2.54. The number of nitrogens with zero attached hydrogens (tertiary/aromatic N) is 4. The van der Waals surface area contributed by atoms with Gasteiger partial charge >= 0.3 is 0 Å². The Balaban J connectivity index is 1.89. The van der Waals surface area contributed by atoms with E-state index in [1.165, 1.54) is 0 Å². The molecule has 0 radical (unpaired) electrons. The Labute approximate surface area is 147 Å². The Morgan fingerprint density at radius 2 is 2.04 bits per heavy atom. The normalized spacial score (nSPS) is 16.6. The zero-order valence-electron chi connectivity index (χ0n) is 12.9. The van der Waals surface area contributed by atoms with E-state index in [9.17, 15) is 4.79 Å². The maximum absolute atomic E-state index is 12.3. The number of hydrogen-bond acceptors (Lipinski definition) is 4. The van der Waals surface area contributed by atoms with Gasteiger partial charge in [-0.15, -0.1) is 0 Å². The average molecular weight is 384 g/mol. The predicted molar refractivity (Wildman–Crippen MR) is 93.1 cm³/mol. The standard InChI is InChI=1S/C17H14BrN5O/c1-10-15-13(11-4-2-5-12(18)8-11)9-14(24)21-16(15)23(22-10)17-19-6-3-7-20-17/h2-8,13H,9H2,1H3,(H,21,24)/t13-/m1/s1. The number of aromatic nitrogens is 4. The highest BCUT2D eigenvalue weighted by atomic mass is 79.9. The predicted octanol–water partition coefficient (Wildman–Crippen LogP) is 3.21. The molecule has 1 amide bonds. The van der Waals surface area contributed by atoms with Crippen LogP contribution in [-0.4, -0.2) is 25.7 Å². The molecule has 1 aliphatic rings. The molecule has 3 aromatic rings. The van der Waals surface area contributed by atoms with Gasteiger partial charge in [-0.25, -0.2) is 9.97 Å². The first-order valence-corrected chi connectivity index (χ1v) is 8.35. The minimum atomic E-state index is -0.0382. The molecule has 2 aromatic heterocycles. The Morgan fingerprint density at radius 1 is 1.25 bits per heavy atom. The maximum Gasteiger partial charge on any atom is 0.252 e. The summed E-state index contributed by atoms with van der Waals surface area (Å²) in [6.45, 7) is 1.95. The lowest BCUT2D eigenvalue weighted by Crippen LogP contribution is -2.25. The molecular weight excluding hydrogens is 370 g/mol. The summed E-state index contributed by atoms with van der Waals surface area (Å²) >= 11 is 3.50. The summed E-state index contributed by atoms with van der Waals surface area (Å²) in [5, 5.41) is 7.49. The molecule has 0 fully saturated rings. The van der Waals surface area contributed by atoms with Crippen molar-refractivity contribution in [3.05, 3.63) is 64.0 Å². The summed E-state index contributed by atoms with van der Waals surface area (Å²) < 4.78 is 2.59. The highest BCUT2D eigenvalue weighted by Crippen LogP contribution is 2.40. The molecule has 1 atom stereocenters. The number of carbonyl (C=O) groups excluding carboxylic acids is 1. The largest absolute Gasteiger partial charge is 0.310 e. The van der Waals surface area contributed by atoms with Crippen LogP contribution >= 0.6 is 15.9 Å². The second-order valence-corrected chi connectivity index (χ2v) is 6.58. The van der Waals surface area contributed by atoms with E-state index in [0.29, 0.717) is 18.2 Å². The number of nitrogens with one attached hydrogen (secondary N) is 1. The summed E-state index contributed by atoms with van der Waals surface area (Å²) in [5.41, 5.74) is 2.96. The van der Waals surface area contributed by atoms with Crippen molar-refractivity contribution < 1.29 is 4.79 Å². The van der Waals surface area contributed by atoms with Gasteiger partial charge < -0.3 is 5.32 Å². The third-order valence-electron chi connectivity index (χ3n) is 4.10. The molecular formula is C17H14BrN5O. The lowest BCUT2D eigenvalue weighted by Gasteiger charge is -2.24. The van der Waals surface area contributed by atoms with Crippen LogP contribution in [-0.2, 0) is 4.79 Å². The van der Waals surface area contributed by atoms with Crippen molar-refractivity contribution in [1.29, 1.82) is 0 Å². The monoisotopic (exact) mass is 383 g/mol. The molecule has 6 nitrogen and oxygen atoms in total. The third kappa shape index (κ3) is 2.50. The van der Waals surface area contributed by atoms with Crippen molar-refractivity contribution in [2.75, 3.05) is 5.32 Å². The number of anilines is 1. The molecule has 0 saturated carbocycles. The van der Waals surface area contributed by atoms with Crippen LogP contribution in [0.25, 0.3) is 5.95 Å². The first-order valence-electron chi connectivity index (χ1n) is 7.55. The van der Waals surface area contributed by atoms with Gasteiger partial charge in [0, 0.05) is 34.8 Å². The van der Waals surface area contributed by atoms with Crippen LogP contribution in [0.5, 0.6) is 0 Å². The minimum absolute atomic E-state index is 0.0374. The van der Waals surface area contributed by atoms with Crippen molar-refractivity contribution in [2.45, 2.75) is 19.3 Å². The van der Waals surface area contributed by atoms with E-state index >= 15 is 0 Å². The number of fused-ring (bicyclic) bond motifs is 1. The fraction of sp³-hybridized carbons (Fsp3) is 0.176. The van der Waals surface area contributed by atoms with Crippen LogP contribution in [0, 0.1) is 6.92 Å². The van der Waals surface area contributed by atoms with Crippen LogP contribution in [0.1, 0.15) is 29.2 Å². The van der Waals surface area contributed by atoms with E-state index in [1.807, 2.05) is 31.2 Å². The molecule has 120 valence electrons. The second-order valence-electron chi connectivity index (χ2n) is 5.67. The quantitative estimate of drug-likeness (QED) is 0.737. The van der Waals surface area contributed by atoms with E-state index < -0.39 is 0 Å². The Bertz CT molecular complexity index is 922. The summed E-state index contributed by atoms with van der Waals surface area (Å²) in [6.07, 6.45) is 3.70. The van der Waals surface area contributed by atoms with Crippen LogP contribution in [0.4, 0.5) is 5.82 Å². The molecule has 0 bridgehead atoms. The Morgan fingerprint density at radius 3 is 2.79 bits per heavy atom. The van der Waals surface area contributed by atoms with Crippen LogP contribution in [0.15, 0.2) is 47.2 Å². The van der Waals surface area contributed by atoms with Gasteiger partial charge in [-0.05, 0) is 30.7 Å². The van der Waals surface area contributed by atoms with Crippen LogP contribution in [0.3, 0.4) is 0 Å². The molecule has 0 spiro atoms. The van der Waals surface area contributed by atoms with E-state index in [2.05, 4.69) is 36.3 Å². The molecule has 4 rings (SSSR count). The lowest BCUT2D eigenvalue weighted by molar-refractivity contribution is -0.116. The fourth-order valence-corrected chi connectivity index (χ4v) is 3.52. The van der Waals surface area contributed by atoms with E-state index in [-0.39, 0.29) is 11.8 Å². The molecule has 1 N–H and O–H groups in total. The number of aryl methyl sites for hydroxylation is 1. The average Bonchev–Trinajstić information content (AvgIpc) is 2.91. The third-order valence-corrected chi connectivity index (χ3v) is 4.59. The summed E-state index contributed by atoms with van der Waals surface area (Å²) in [5.74, 6) is 1.02. The zero-order valence-corrected chi connectivity index (χ0v) is 14.5. The molecule has 1 aromatic carbocycles. The summed E-state index contributed by atoms with van der Waals surface area (Å²) in [4.78, 5) is 20.8. The Kier molecular flexibility index (Phi) is 3.65. The highest BCUT2D eigenvalue weighted by Gasteiger charge is 2.33. The highest BCUT2D eigenvalue weighted by molar-refractivity contribution is 9.10. The number of benzene rings is 1. The van der Waals surface area contributed by atoms with E-state index in [0.717, 1.165) is 21.3 Å². The van der Waals surface area contributed by atoms with Crippen LogP contribution < -0.4 is 5.32 Å². The van der Waals surface area contributed by atoms with Gasteiger partial charge in [0.15, 0.2) is 0 Å². The molecule has 24 heavy (non-hydrogen) atoms. The van der Waals surface area contributed by atoms with Gasteiger partial charge in [0.2, 0.25) is 5.91 Å².